The number of carbonyl (C=O) groups is 2. The fraction of sp³-hybridized carbons (Fsp3) is 0.0952. The molecule has 6 heteroatoms. The van der Waals surface area contributed by atoms with E-state index in [2.05, 4.69) is 15.6 Å². The van der Waals surface area contributed by atoms with Crippen molar-refractivity contribution in [2.75, 3.05) is 10.6 Å². The number of aryl methyl sites for hydroxylation is 2. The zero-order valence-corrected chi connectivity index (χ0v) is 14.9. The Bertz CT molecular complexity index is 998. The lowest BCUT2D eigenvalue weighted by molar-refractivity contribution is 0.102. The number of nitrogens with one attached hydrogen (secondary N) is 2. The molecule has 2 amide bonds. The fourth-order valence-corrected chi connectivity index (χ4v) is 2.64. The quantitative estimate of drug-likeness (QED) is 0.724. The Balaban J connectivity index is 1.80. The molecule has 2 aromatic carbocycles. The number of halogens is 1. The second-order valence-electron chi connectivity index (χ2n) is 6.12. The highest BCUT2D eigenvalue weighted by Gasteiger charge is 2.14. The monoisotopic (exact) mass is 363 g/mol. The normalized spacial score (nSPS) is 10.3. The zero-order valence-electron chi connectivity index (χ0n) is 14.9. The van der Waals surface area contributed by atoms with Gasteiger partial charge in [0.15, 0.2) is 0 Å². The van der Waals surface area contributed by atoms with Gasteiger partial charge in [0, 0.05) is 18.1 Å². The van der Waals surface area contributed by atoms with E-state index in [0.717, 1.165) is 16.8 Å². The zero-order chi connectivity index (χ0) is 19.4. The average molecular weight is 363 g/mol. The molecule has 0 bridgehead atoms. The third kappa shape index (κ3) is 4.17. The topological polar surface area (TPSA) is 71.1 Å². The minimum Gasteiger partial charge on any atom is -0.321 e. The molecular weight excluding hydrogens is 345 g/mol. The van der Waals surface area contributed by atoms with Gasteiger partial charge in [0.05, 0.1) is 16.8 Å². The number of nitrogens with zero attached hydrogens (tertiary/aromatic N) is 1. The maximum absolute atomic E-state index is 13.7. The number of pyridine rings is 1. The molecule has 0 aliphatic carbocycles. The van der Waals surface area contributed by atoms with E-state index >= 15 is 0 Å². The first kappa shape index (κ1) is 18.3. The van der Waals surface area contributed by atoms with Crippen LogP contribution in [0.3, 0.4) is 0 Å². The van der Waals surface area contributed by atoms with Crippen molar-refractivity contribution in [3.05, 3.63) is 89.0 Å². The summed E-state index contributed by atoms with van der Waals surface area (Å²) < 4.78 is 13.7. The van der Waals surface area contributed by atoms with Gasteiger partial charge >= 0.3 is 0 Å². The van der Waals surface area contributed by atoms with E-state index in [1.54, 1.807) is 6.07 Å². The maximum Gasteiger partial charge on any atom is 0.257 e. The Hall–Kier alpha value is -3.54. The van der Waals surface area contributed by atoms with E-state index < -0.39 is 11.7 Å². The van der Waals surface area contributed by atoms with Crippen molar-refractivity contribution >= 4 is 23.2 Å². The van der Waals surface area contributed by atoms with E-state index in [4.69, 9.17) is 0 Å². The van der Waals surface area contributed by atoms with Crippen LogP contribution in [0.1, 0.15) is 31.8 Å². The van der Waals surface area contributed by atoms with Crippen LogP contribution in [0.15, 0.2) is 60.9 Å². The van der Waals surface area contributed by atoms with Crippen LogP contribution >= 0.6 is 0 Å². The molecule has 0 saturated heterocycles. The van der Waals surface area contributed by atoms with Crippen LogP contribution in [-0.2, 0) is 0 Å². The van der Waals surface area contributed by atoms with Crippen LogP contribution in [0.5, 0.6) is 0 Å². The second-order valence-corrected chi connectivity index (χ2v) is 6.12. The van der Waals surface area contributed by atoms with E-state index in [0.29, 0.717) is 0 Å². The van der Waals surface area contributed by atoms with Crippen LogP contribution < -0.4 is 10.6 Å². The Morgan fingerprint density at radius 2 is 1.44 bits per heavy atom. The van der Waals surface area contributed by atoms with Crippen molar-refractivity contribution in [2.24, 2.45) is 0 Å². The van der Waals surface area contributed by atoms with Crippen LogP contribution in [-0.4, -0.2) is 16.8 Å². The molecule has 5 nitrogen and oxygen atoms in total. The van der Waals surface area contributed by atoms with Crippen molar-refractivity contribution in [3.63, 3.8) is 0 Å². The molecule has 0 fully saturated rings. The highest BCUT2D eigenvalue weighted by atomic mass is 19.1. The van der Waals surface area contributed by atoms with E-state index in [1.165, 1.54) is 36.7 Å². The summed E-state index contributed by atoms with van der Waals surface area (Å²) in [6, 6.07) is 13.0. The second kappa shape index (κ2) is 7.78. The number of anilines is 2. The standard InChI is InChI=1S/C21H18FN3O2/c1-13-6-5-7-14(2)19(13)25-21(27)16-10-15(11-23-12-16)20(26)24-18-9-4-3-8-17(18)22/h3-12H,1-2H3,(H,24,26)(H,25,27). The molecular formula is C21H18FN3O2. The first-order valence-corrected chi connectivity index (χ1v) is 8.34. The van der Waals surface area contributed by atoms with Gasteiger partial charge in [-0.25, -0.2) is 4.39 Å². The van der Waals surface area contributed by atoms with Crippen molar-refractivity contribution in [3.8, 4) is 0 Å². The average Bonchev–Trinajstić information content (AvgIpc) is 2.66. The van der Waals surface area contributed by atoms with Gasteiger partial charge in [0.1, 0.15) is 5.82 Å². The van der Waals surface area contributed by atoms with Gasteiger partial charge in [0.2, 0.25) is 0 Å². The lowest BCUT2D eigenvalue weighted by Gasteiger charge is -2.12. The highest BCUT2D eigenvalue weighted by molar-refractivity contribution is 6.08. The number of hydrogen-bond acceptors (Lipinski definition) is 3. The highest BCUT2D eigenvalue weighted by Crippen LogP contribution is 2.20. The van der Waals surface area contributed by atoms with E-state index in [-0.39, 0.29) is 22.7 Å². The Kier molecular flexibility index (Phi) is 5.26. The summed E-state index contributed by atoms with van der Waals surface area (Å²) in [5, 5.41) is 5.32. The number of aromatic nitrogens is 1. The van der Waals surface area contributed by atoms with E-state index in [9.17, 15) is 14.0 Å². The molecule has 0 saturated carbocycles. The maximum atomic E-state index is 13.7. The molecule has 0 spiro atoms. The first-order chi connectivity index (χ1) is 13.0. The van der Waals surface area contributed by atoms with Crippen molar-refractivity contribution in [2.45, 2.75) is 13.8 Å². The minimum atomic E-state index is -0.547. The lowest BCUT2D eigenvalue weighted by atomic mass is 10.1. The summed E-state index contributed by atoms with van der Waals surface area (Å²) in [5.41, 5.74) is 3.05. The molecule has 0 aliphatic heterocycles. The molecule has 3 rings (SSSR count). The SMILES string of the molecule is Cc1cccc(C)c1NC(=O)c1cncc(C(=O)Nc2ccccc2F)c1. The van der Waals surface area contributed by atoms with E-state index in [1.807, 2.05) is 32.0 Å². The first-order valence-electron chi connectivity index (χ1n) is 8.34. The van der Waals surface area contributed by atoms with Gasteiger partial charge in [-0.2, -0.15) is 0 Å². The number of amides is 2. The number of carbonyl (C=O) groups excluding carboxylic acids is 2. The van der Waals surface area contributed by atoms with Crippen molar-refractivity contribution in [1.82, 2.24) is 4.98 Å². The third-order valence-corrected chi connectivity index (χ3v) is 4.10. The van der Waals surface area contributed by atoms with Crippen LogP contribution in [0.2, 0.25) is 0 Å². The summed E-state index contributed by atoms with van der Waals surface area (Å²) in [7, 11) is 0. The minimum absolute atomic E-state index is 0.0629. The molecule has 0 aliphatic rings. The molecule has 0 radical (unpaired) electrons. The Labute approximate surface area is 156 Å². The Morgan fingerprint density at radius 3 is 2.07 bits per heavy atom. The van der Waals surface area contributed by atoms with Gasteiger partial charge in [-0.05, 0) is 43.2 Å². The third-order valence-electron chi connectivity index (χ3n) is 4.10. The molecule has 27 heavy (non-hydrogen) atoms. The summed E-state index contributed by atoms with van der Waals surface area (Å²) in [4.78, 5) is 28.9. The van der Waals surface area contributed by atoms with Gasteiger partial charge in [0.25, 0.3) is 11.8 Å². The molecule has 136 valence electrons. The molecule has 0 atom stereocenters. The molecule has 0 unspecified atom stereocenters. The van der Waals surface area contributed by atoms with Crippen LogP contribution in [0, 0.1) is 19.7 Å². The van der Waals surface area contributed by atoms with Crippen molar-refractivity contribution in [1.29, 1.82) is 0 Å². The number of rotatable bonds is 4. The van der Waals surface area contributed by atoms with Crippen molar-refractivity contribution < 1.29 is 14.0 Å². The summed E-state index contributed by atoms with van der Waals surface area (Å²) in [6.45, 7) is 3.80. The molecule has 3 aromatic rings. The lowest BCUT2D eigenvalue weighted by Crippen LogP contribution is -2.17. The smallest absolute Gasteiger partial charge is 0.257 e. The molecule has 1 heterocycles. The predicted octanol–water partition coefficient (Wildman–Crippen LogP) is 4.34. The predicted molar refractivity (Wildman–Crippen MR) is 102 cm³/mol. The van der Waals surface area contributed by atoms with Gasteiger partial charge in [-0.1, -0.05) is 30.3 Å². The summed E-state index contributed by atoms with van der Waals surface area (Å²) >= 11 is 0. The number of benzene rings is 2. The molecule has 2 N–H and O–H groups in total. The summed E-state index contributed by atoms with van der Waals surface area (Å²) in [5.74, 6) is -1.46. The molecule has 1 aromatic heterocycles. The van der Waals surface area contributed by atoms with Gasteiger partial charge in [-0.3, -0.25) is 14.6 Å². The van der Waals surface area contributed by atoms with Crippen LogP contribution in [0.25, 0.3) is 0 Å². The van der Waals surface area contributed by atoms with Crippen LogP contribution in [0.4, 0.5) is 15.8 Å². The van der Waals surface area contributed by atoms with Gasteiger partial charge < -0.3 is 10.6 Å². The summed E-state index contributed by atoms with van der Waals surface area (Å²) in [6.07, 6.45) is 2.70. The fourth-order valence-electron chi connectivity index (χ4n) is 2.64. The number of hydrogen-bond donors (Lipinski definition) is 2. The van der Waals surface area contributed by atoms with Gasteiger partial charge in [-0.15, -0.1) is 0 Å². The largest absolute Gasteiger partial charge is 0.321 e. The number of para-hydroxylation sites is 2. The Morgan fingerprint density at radius 1 is 0.852 bits per heavy atom.